The number of hydrogen-bond donors (Lipinski definition) is 2. The van der Waals surface area contributed by atoms with E-state index in [1.165, 1.54) is 12.3 Å². The minimum atomic E-state index is -1.04. The molecule has 0 atom stereocenters. The van der Waals surface area contributed by atoms with Crippen molar-refractivity contribution >= 4 is 11.8 Å². The molecule has 0 aromatic carbocycles. The van der Waals surface area contributed by atoms with E-state index < -0.39 is 5.97 Å². The van der Waals surface area contributed by atoms with Crippen LogP contribution < -0.4 is 0 Å². The van der Waals surface area contributed by atoms with Crippen molar-refractivity contribution in [3.8, 4) is 0 Å². The smallest absolute Gasteiger partial charge is 0.352 e. The van der Waals surface area contributed by atoms with Gasteiger partial charge in [-0.3, -0.25) is 4.79 Å². The SMILES string of the molecule is CCCCCC(=O)c1c[nH]c(C(=O)O)c1. The molecule has 1 rings (SSSR count). The summed E-state index contributed by atoms with van der Waals surface area (Å²) in [6.07, 6.45) is 4.91. The van der Waals surface area contributed by atoms with Gasteiger partial charge in [0, 0.05) is 18.2 Å². The Morgan fingerprint density at radius 1 is 1.40 bits per heavy atom. The van der Waals surface area contributed by atoms with Crippen molar-refractivity contribution in [2.75, 3.05) is 0 Å². The second kappa shape index (κ2) is 5.34. The van der Waals surface area contributed by atoms with Crippen LogP contribution in [0.3, 0.4) is 0 Å². The summed E-state index contributed by atoms with van der Waals surface area (Å²) >= 11 is 0. The van der Waals surface area contributed by atoms with Gasteiger partial charge in [-0.1, -0.05) is 19.8 Å². The Balaban J connectivity index is 2.54. The van der Waals surface area contributed by atoms with Crippen LogP contribution >= 0.6 is 0 Å². The third kappa shape index (κ3) is 3.23. The molecule has 1 heterocycles. The van der Waals surface area contributed by atoms with Gasteiger partial charge in [-0.25, -0.2) is 4.79 Å². The highest BCUT2D eigenvalue weighted by molar-refractivity contribution is 5.98. The van der Waals surface area contributed by atoms with Crippen LogP contribution in [0.25, 0.3) is 0 Å². The molecule has 1 aromatic rings. The Morgan fingerprint density at radius 2 is 2.13 bits per heavy atom. The topological polar surface area (TPSA) is 70.2 Å². The Hall–Kier alpha value is -1.58. The number of H-pyrrole nitrogens is 1. The van der Waals surface area contributed by atoms with Crippen LogP contribution in [0.5, 0.6) is 0 Å². The Bertz CT molecular complexity index is 354. The van der Waals surface area contributed by atoms with E-state index in [4.69, 9.17) is 5.11 Å². The molecule has 0 aliphatic heterocycles. The zero-order valence-corrected chi connectivity index (χ0v) is 8.75. The monoisotopic (exact) mass is 209 g/mol. The fourth-order valence-electron chi connectivity index (χ4n) is 1.36. The zero-order valence-electron chi connectivity index (χ0n) is 8.75. The third-order valence-electron chi connectivity index (χ3n) is 2.24. The number of carboxylic acids is 1. The fraction of sp³-hybridized carbons (Fsp3) is 0.455. The molecule has 1 aromatic heterocycles. The largest absolute Gasteiger partial charge is 0.477 e. The number of Topliss-reactive ketones (excluding diaryl/α,β-unsaturated/α-hetero) is 1. The summed E-state index contributed by atoms with van der Waals surface area (Å²) in [6.45, 7) is 2.07. The maximum atomic E-state index is 11.5. The molecule has 2 N–H and O–H groups in total. The van der Waals surface area contributed by atoms with E-state index >= 15 is 0 Å². The normalized spacial score (nSPS) is 10.2. The molecule has 0 aliphatic carbocycles. The van der Waals surface area contributed by atoms with E-state index in [-0.39, 0.29) is 11.5 Å². The minimum absolute atomic E-state index is 0.00667. The minimum Gasteiger partial charge on any atom is -0.477 e. The van der Waals surface area contributed by atoms with Gasteiger partial charge in [0.25, 0.3) is 0 Å². The number of hydrogen-bond acceptors (Lipinski definition) is 2. The second-order valence-corrected chi connectivity index (χ2v) is 3.49. The van der Waals surface area contributed by atoms with E-state index in [9.17, 15) is 9.59 Å². The quantitative estimate of drug-likeness (QED) is 0.558. The van der Waals surface area contributed by atoms with Crippen molar-refractivity contribution < 1.29 is 14.7 Å². The van der Waals surface area contributed by atoms with Crippen molar-refractivity contribution in [2.45, 2.75) is 32.6 Å². The van der Waals surface area contributed by atoms with Gasteiger partial charge < -0.3 is 10.1 Å². The summed E-state index contributed by atoms with van der Waals surface area (Å²) < 4.78 is 0. The van der Waals surface area contributed by atoms with Gasteiger partial charge >= 0.3 is 5.97 Å². The van der Waals surface area contributed by atoms with Crippen LogP contribution in [0, 0.1) is 0 Å². The molecule has 0 bridgehead atoms. The van der Waals surface area contributed by atoms with E-state index in [0.29, 0.717) is 12.0 Å². The first-order valence-corrected chi connectivity index (χ1v) is 5.10. The van der Waals surface area contributed by atoms with Crippen LogP contribution in [0.2, 0.25) is 0 Å². The maximum absolute atomic E-state index is 11.5. The van der Waals surface area contributed by atoms with Crippen molar-refractivity contribution in [1.29, 1.82) is 0 Å². The van der Waals surface area contributed by atoms with E-state index in [1.807, 2.05) is 0 Å². The van der Waals surface area contributed by atoms with Gasteiger partial charge in [0.2, 0.25) is 0 Å². The van der Waals surface area contributed by atoms with E-state index in [0.717, 1.165) is 19.3 Å². The number of nitrogens with one attached hydrogen (secondary N) is 1. The third-order valence-corrected chi connectivity index (χ3v) is 2.24. The highest BCUT2D eigenvalue weighted by Gasteiger charge is 2.11. The van der Waals surface area contributed by atoms with Crippen LogP contribution in [0.15, 0.2) is 12.3 Å². The first kappa shape index (κ1) is 11.5. The van der Waals surface area contributed by atoms with Gasteiger partial charge in [0.05, 0.1) is 0 Å². The first-order chi connectivity index (χ1) is 7.15. The van der Waals surface area contributed by atoms with E-state index in [2.05, 4.69) is 11.9 Å². The molecule has 0 unspecified atom stereocenters. The van der Waals surface area contributed by atoms with Crippen LogP contribution in [0.1, 0.15) is 53.5 Å². The van der Waals surface area contributed by atoms with Crippen LogP contribution in [0.4, 0.5) is 0 Å². The van der Waals surface area contributed by atoms with Crippen LogP contribution in [-0.2, 0) is 0 Å². The predicted molar refractivity (Wildman–Crippen MR) is 56.2 cm³/mol. The lowest BCUT2D eigenvalue weighted by atomic mass is 10.1. The molecule has 0 saturated carbocycles. The van der Waals surface area contributed by atoms with Crippen molar-refractivity contribution in [3.05, 3.63) is 23.5 Å². The number of ketones is 1. The number of carboxylic acid groups (broad SMARTS) is 1. The molecular weight excluding hydrogens is 194 g/mol. The summed E-state index contributed by atoms with van der Waals surface area (Å²) in [5.41, 5.74) is 0.525. The molecule has 82 valence electrons. The fourth-order valence-corrected chi connectivity index (χ4v) is 1.36. The second-order valence-electron chi connectivity index (χ2n) is 3.49. The number of carbonyl (C=O) groups is 2. The number of carbonyl (C=O) groups excluding carboxylic acids is 1. The Labute approximate surface area is 88.3 Å². The molecule has 0 fully saturated rings. The first-order valence-electron chi connectivity index (χ1n) is 5.10. The molecular formula is C11H15NO3. The lowest BCUT2D eigenvalue weighted by Crippen LogP contribution is -1.97. The molecule has 4 heteroatoms. The number of unbranched alkanes of at least 4 members (excludes halogenated alkanes) is 2. The number of aromatic nitrogens is 1. The highest BCUT2D eigenvalue weighted by Crippen LogP contribution is 2.09. The maximum Gasteiger partial charge on any atom is 0.352 e. The summed E-state index contributed by atoms with van der Waals surface area (Å²) in [6, 6.07) is 1.39. The average molecular weight is 209 g/mol. The molecule has 0 radical (unpaired) electrons. The Morgan fingerprint density at radius 3 is 2.67 bits per heavy atom. The van der Waals surface area contributed by atoms with Crippen molar-refractivity contribution in [3.63, 3.8) is 0 Å². The summed E-state index contributed by atoms with van der Waals surface area (Å²) in [5, 5.41) is 8.65. The van der Waals surface area contributed by atoms with Crippen LogP contribution in [-0.4, -0.2) is 21.8 Å². The molecule has 0 amide bonds. The van der Waals surface area contributed by atoms with Crippen molar-refractivity contribution in [1.82, 2.24) is 4.98 Å². The predicted octanol–water partition coefficient (Wildman–Crippen LogP) is 2.48. The van der Waals surface area contributed by atoms with Gasteiger partial charge in [-0.15, -0.1) is 0 Å². The van der Waals surface area contributed by atoms with Gasteiger partial charge in [0.15, 0.2) is 5.78 Å². The summed E-state index contributed by atoms with van der Waals surface area (Å²) in [5.74, 6) is -1.03. The standard InChI is InChI=1S/C11H15NO3/c1-2-3-4-5-10(13)8-6-9(11(14)15)12-7-8/h6-7,12H,2-5H2,1H3,(H,14,15). The zero-order chi connectivity index (χ0) is 11.3. The summed E-state index contributed by atoms with van der Waals surface area (Å²) in [4.78, 5) is 24.7. The number of rotatable bonds is 6. The summed E-state index contributed by atoms with van der Waals surface area (Å²) in [7, 11) is 0. The Kier molecular flexibility index (Phi) is 4.09. The lowest BCUT2D eigenvalue weighted by Gasteiger charge is -1.96. The number of aromatic carboxylic acids is 1. The van der Waals surface area contributed by atoms with Crippen molar-refractivity contribution in [2.24, 2.45) is 0 Å². The molecule has 15 heavy (non-hydrogen) atoms. The van der Waals surface area contributed by atoms with Gasteiger partial charge in [-0.05, 0) is 12.5 Å². The molecule has 4 nitrogen and oxygen atoms in total. The lowest BCUT2D eigenvalue weighted by molar-refractivity contribution is 0.0691. The molecule has 0 saturated heterocycles. The average Bonchev–Trinajstić information content (AvgIpc) is 2.66. The van der Waals surface area contributed by atoms with Gasteiger partial charge in [0.1, 0.15) is 5.69 Å². The van der Waals surface area contributed by atoms with E-state index in [1.54, 1.807) is 0 Å². The molecule has 0 aliphatic rings. The highest BCUT2D eigenvalue weighted by atomic mass is 16.4. The van der Waals surface area contributed by atoms with Gasteiger partial charge in [-0.2, -0.15) is 0 Å². The number of aromatic amines is 1. The molecule has 0 spiro atoms.